The lowest BCUT2D eigenvalue weighted by Gasteiger charge is -2.24. The number of aromatic nitrogens is 1. The third-order valence-corrected chi connectivity index (χ3v) is 6.19. The van der Waals surface area contributed by atoms with E-state index in [4.69, 9.17) is 5.73 Å². The molecule has 0 unspecified atom stereocenters. The Kier molecular flexibility index (Phi) is 6.62. The molecule has 2 aromatic carbocycles. The zero-order valence-corrected chi connectivity index (χ0v) is 18.7. The van der Waals surface area contributed by atoms with Crippen LogP contribution in [0.1, 0.15) is 23.6 Å². The van der Waals surface area contributed by atoms with Crippen molar-refractivity contribution in [2.75, 3.05) is 5.73 Å². The number of carbonyl (C=O) groups is 3. The number of fused-ring (bicyclic) bond motifs is 2. The van der Waals surface area contributed by atoms with Crippen LogP contribution in [0.4, 0.5) is 10.6 Å². The van der Waals surface area contributed by atoms with Crippen molar-refractivity contribution in [2.45, 2.75) is 38.4 Å². The first kappa shape index (κ1) is 23.0. The van der Waals surface area contributed by atoms with E-state index in [1.54, 1.807) is 13.1 Å². The number of nitrogens with two attached hydrogens (primary N) is 1. The quantitative estimate of drug-likeness (QED) is 0.364. The van der Waals surface area contributed by atoms with Gasteiger partial charge in [0.2, 0.25) is 11.8 Å². The number of pyridine rings is 1. The van der Waals surface area contributed by atoms with E-state index < -0.39 is 24.1 Å². The van der Waals surface area contributed by atoms with Gasteiger partial charge in [0.05, 0.1) is 0 Å². The Labute approximate surface area is 196 Å². The van der Waals surface area contributed by atoms with Crippen molar-refractivity contribution in [3.8, 4) is 0 Å². The molecule has 6 N–H and O–H groups in total. The Morgan fingerprint density at radius 1 is 1.06 bits per heavy atom. The second-order valence-corrected chi connectivity index (χ2v) is 8.56. The molecule has 0 saturated carbocycles. The number of anilines is 1. The molecule has 0 saturated heterocycles. The SMILES string of the molecule is C[C@H](NC(=O)[C@H](NC(=O)O)C1Cc2ccccc2C1)C(=O)NCc1ccc2c(N)nccc2c1. The highest BCUT2D eigenvalue weighted by molar-refractivity contribution is 5.92. The first-order valence-electron chi connectivity index (χ1n) is 11.1. The van der Waals surface area contributed by atoms with Gasteiger partial charge in [-0.25, -0.2) is 9.78 Å². The van der Waals surface area contributed by atoms with E-state index in [1.807, 2.05) is 48.5 Å². The van der Waals surface area contributed by atoms with E-state index >= 15 is 0 Å². The molecule has 0 fully saturated rings. The molecule has 34 heavy (non-hydrogen) atoms. The van der Waals surface area contributed by atoms with E-state index in [0.717, 1.165) is 27.5 Å². The van der Waals surface area contributed by atoms with Gasteiger partial charge >= 0.3 is 6.09 Å². The molecule has 9 nitrogen and oxygen atoms in total. The van der Waals surface area contributed by atoms with Gasteiger partial charge in [-0.05, 0) is 59.9 Å². The van der Waals surface area contributed by atoms with Crippen molar-refractivity contribution in [3.63, 3.8) is 0 Å². The fourth-order valence-electron chi connectivity index (χ4n) is 4.43. The zero-order chi connectivity index (χ0) is 24.2. The van der Waals surface area contributed by atoms with Crippen molar-refractivity contribution in [2.24, 2.45) is 5.92 Å². The van der Waals surface area contributed by atoms with Gasteiger partial charge in [-0.2, -0.15) is 0 Å². The molecular formula is C25H27N5O4. The molecule has 176 valence electrons. The number of carboxylic acid groups (broad SMARTS) is 1. The highest BCUT2D eigenvalue weighted by Gasteiger charge is 2.35. The monoisotopic (exact) mass is 461 g/mol. The second-order valence-electron chi connectivity index (χ2n) is 8.56. The summed E-state index contributed by atoms with van der Waals surface area (Å²) in [5.41, 5.74) is 8.97. The summed E-state index contributed by atoms with van der Waals surface area (Å²) in [7, 11) is 0. The number of nitrogen functional groups attached to an aromatic ring is 1. The van der Waals surface area contributed by atoms with Crippen molar-refractivity contribution < 1.29 is 19.5 Å². The largest absolute Gasteiger partial charge is 0.465 e. The zero-order valence-electron chi connectivity index (χ0n) is 18.7. The molecule has 3 amide bonds. The van der Waals surface area contributed by atoms with Crippen LogP contribution >= 0.6 is 0 Å². The highest BCUT2D eigenvalue weighted by atomic mass is 16.4. The molecule has 2 atom stereocenters. The average Bonchev–Trinajstić information content (AvgIpc) is 3.24. The smallest absolute Gasteiger partial charge is 0.405 e. The maximum Gasteiger partial charge on any atom is 0.405 e. The lowest BCUT2D eigenvalue weighted by Crippen LogP contribution is -2.55. The fraction of sp³-hybridized carbons (Fsp3) is 0.280. The second kappa shape index (κ2) is 9.78. The van der Waals surface area contributed by atoms with Crippen molar-refractivity contribution in [3.05, 3.63) is 71.4 Å². The Morgan fingerprint density at radius 2 is 1.76 bits per heavy atom. The highest BCUT2D eigenvalue weighted by Crippen LogP contribution is 2.29. The van der Waals surface area contributed by atoms with Gasteiger partial charge in [-0.1, -0.05) is 36.4 Å². The van der Waals surface area contributed by atoms with Gasteiger partial charge in [0.15, 0.2) is 0 Å². The summed E-state index contributed by atoms with van der Waals surface area (Å²) in [6.07, 6.45) is 1.54. The molecule has 1 heterocycles. The van der Waals surface area contributed by atoms with E-state index in [-0.39, 0.29) is 18.4 Å². The first-order valence-corrected chi connectivity index (χ1v) is 11.1. The molecule has 1 aliphatic rings. The van der Waals surface area contributed by atoms with Crippen molar-refractivity contribution in [1.82, 2.24) is 20.9 Å². The number of nitrogens with one attached hydrogen (secondary N) is 3. The molecule has 3 aromatic rings. The van der Waals surface area contributed by atoms with E-state index in [0.29, 0.717) is 18.7 Å². The molecule has 0 spiro atoms. The van der Waals surface area contributed by atoms with Crippen molar-refractivity contribution in [1.29, 1.82) is 0 Å². The van der Waals surface area contributed by atoms with Crippen LogP contribution in [0.2, 0.25) is 0 Å². The molecule has 4 rings (SSSR count). The van der Waals surface area contributed by atoms with Crippen LogP contribution in [-0.4, -0.2) is 40.1 Å². The minimum Gasteiger partial charge on any atom is -0.465 e. The minimum atomic E-state index is -1.28. The molecular weight excluding hydrogens is 434 g/mol. The summed E-state index contributed by atoms with van der Waals surface area (Å²) >= 11 is 0. The van der Waals surface area contributed by atoms with E-state index in [9.17, 15) is 19.5 Å². The molecule has 9 heteroatoms. The lowest BCUT2D eigenvalue weighted by molar-refractivity contribution is -0.130. The average molecular weight is 462 g/mol. The van der Waals surface area contributed by atoms with Crippen LogP contribution in [0.5, 0.6) is 0 Å². The summed E-state index contributed by atoms with van der Waals surface area (Å²) in [5.74, 6) is -0.661. The van der Waals surface area contributed by atoms with Crippen molar-refractivity contribution >= 4 is 34.5 Å². The van der Waals surface area contributed by atoms with Crippen LogP contribution in [0.25, 0.3) is 10.8 Å². The molecule has 0 aliphatic heterocycles. The summed E-state index contributed by atoms with van der Waals surface area (Å²) < 4.78 is 0. The third-order valence-electron chi connectivity index (χ3n) is 6.19. The maximum atomic E-state index is 12.9. The first-order chi connectivity index (χ1) is 16.3. The topological polar surface area (TPSA) is 146 Å². The maximum absolute atomic E-state index is 12.9. The van der Waals surface area contributed by atoms with Gasteiger partial charge in [0.25, 0.3) is 0 Å². The Hall–Kier alpha value is -4.14. The Balaban J connectivity index is 1.36. The summed E-state index contributed by atoms with van der Waals surface area (Å²) in [6, 6.07) is 13.5. The summed E-state index contributed by atoms with van der Waals surface area (Å²) in [6.45, 7) is 1.84. The Bertz CT molecular complexity index is 1220. The van der Waals surface area contributed by atoms with E-state index in [1.165, 1.54) is 0 Å². The van der Waals surface area contributed by atoms with Gasteiger partial charge in [-0.3, -0.25) is 9.59 Å². The van der Waals surface area contributed by atoms with Gasteiger partial charge < -0.3 is 26.8 Å². The van der Waals surface area contributed by atoms with Crippen LogP contribution < -0.4 is 21.7 Å². The number of amides is 3. The molecule has 0 bridgehead atoms. The standard InChI is InChI=1S/C25H27N5O4/c1-14(23(31)28-13-15-6-7-20-18(10-15)8-9-27-22(20)26)29-24(32)21(30-25(33)34)19-11-16-4-2-3-5-17(16)12-19/h2-10,14,19,21,30H,11-13H2,1H3,(H2,26,27)(H,28,31)(H,29,32)(H,33,34)/t14-,21+/m0/s1. The summed E-state index contributed by atoms with van der Waals surface area (Å²) in [5, 5.41) is 18.8. The van der Waals surface area contributed by atoms with Crippen LogP contribution in [0.15, 0.2) is 54.7 Å². The summed E-state index contributed by atoms with van der Waals surface area (Å²) in [4.78, 5) is 41.0. The normalized spacial score (nSPS) is 14.7. The number of rotatable bonds is 7. The third kappa shape index (κ3) is 5.09. The predicted molar refractivity (Wildman–Crippen MR) is 128 cm³/mol. The van der Waals surface area contributed by atoms with Crippen LogP contribution in [-0.2, 0) is 29.0 Å². The Morgan fingerprint density at radius 3 is 2.44 bits per heavy atom. The predicted octanol–water partition coefficient (Wildman–Crippen LogP) is 1.99. The van der Waals surface area contributed by atoms with Crippen LogP contribution in [0, 0.1) is 5.92 Å². The number of hydrogen-bond acceptors (Lipinski definition) is 5. The minimum absolute atomic E-state index is 0.219. The van der Waals surface area contributed by atoms with Crippen LogP contribution in [0.3, 0.4) is 0 Å². The number of benzene rings is 2. The lowest BCUT2D eigenvalue weighted by atomic mass is 9.95. The van der Waals surface area contributed by atoms with E-state index in [2.05, 4.69) is 20.9 Å². The number of hydrogen-bond donors (Lipinski definition) is 5. The molecule has 0 radical (unpaired) electrons. The van der Waals surface area contributed by atoms with Gasteiger partial charge in [-0.15, -0.1) is 0 Å². The van der Waals surface area contributed by atoms with Gasteiger partial charge in [0.1, 0.15) is 17.9 Å². The number of carbonyl (C=O) groups excluding carboxylic acids is 2. The molecule has 1 aliphatic carbocycles. The fourth-order valence-corrected chi connectivity index (χ4v) is 4.43. The van der Waals surface area contributed by atoms with Gasteiger partial charge in [0, 0.05) is 18.1 Å². The molecule has 1 aromatic heterocycles. The number of nitrogens with zero attached hydrogens (tertiary/aromatic N) is 1.